The van der Waals surface area contributed by atoms with Gasteiger partial charge in [0.15, 0.2) is 0 Å². The summed E-state index contributed by atoms with van der Waals surface area (Å²) < 4.78 is 4.37. The molecule has 0 spiro atoms. The number of hydrogen-bond acceptors (Lipinski definition) is 4. The summed E-state index contributed by atoms with van der Waals surface area (Å²) in [5.74, 6) is 0.535. The number of aromatic nitrogens is 4. The molecule has 0 atom stereocenters. The van der Waals surface area contributed by atoms with Crippen molar-refractivity contribution in [1.29, 1.82) is 5.26 Å². The van der Waals surface area contributed by atoms with Gasteiger partial charge >= 0.3 is 5.69 Å². The van der Waals surface area contributed by atoms with E-state index in [0.29, 0.717) is 29.5 Å². The van der Waals surface area contributed by atoms with Crippen LogP contribution in [0.2, 0.25) is 5.02 Å². The monoisotopic (exact) mass is 419 g/mol. The van der Waals surface area contributed by atoms with Gasteiger partial charge in [-0.1, -0.05) is 41.9 Å². The van der Waals surface area contributed by atoms with Crippen LogP contribution in [0.3, 0.4) is 0 Å². The van der Waals surface area contributed by atoms with E-state index in [9.17, 15) is 14.9 Å². The summed E-state index contributed by atoms with van der Waals surface area (Å²) in [5.41, 5.74) is 1.40. The van der Waals surface area contributed by atoms with Crippen LogP contribution in [0.5, 0.6) is 0 Å². The number of halogens is 1. The molecule has 0 aliphatic rings. The molecule has 4 rings (SSSR count). The molecule has 0 unspecified atom stereocenters. The van der Waals surface area contributed by atoms with Crippen LogP contribution in [0.15, 0.2) is 64.3 Å². The maximum Gasteiger partial charge on any atom is 0.331 e. The van der Waals surface area contributed by atoms with Crippen molar-refractivity contribution < 1.29 is 0 Å². The van der Waals surface area contributed by atoms with E-state index in [2.05, 4.69) is 4.98 Å². The van der Waals surface area contributed by atoms with E-state index in [1.54, 1.807) is 19.1 Å². The first-order valence-corrected chi connectivity index (χ1v) is 9.82. The van der Waals surface area contributed by atoms with Crippen molar-refractivity contribution in [1.82, 2.24) is 18.7 Å². The van der Waals surface area contributed by atoms with Crippen molar-refractivity contribution in [2.24, 2.45) is 0 Å². The van der Waals surface area contributed by atoms with Crippen molar-refractivity contribution in [3.8, 4) is 6.07 Å². The zero-order chi connectivity index (χ0) is 21.3. The van der Waals surface area contributed by atoms with E-state index >= 15 is 0 Å². The molecule has 0 bridgehead atoms. The summed E-state index contributed by atoms with van der Waals surface area (Å²) in [7, 11) is 0. The lowest BCUT2D eigenvalue weighted by atomic mass is 10.2. The summed E-state index contributed by atoms with van der Waals surface area (Å²) in [6, 6.07) is 17.1. The molecule has 0 fully saturated rings. The maximum absolute atomic E-state index is 12.8. The standard InChI is InChI=1S/C22H18ClN5O2/c1-2-26-13-16(11-24)21(29)28(22(26)30)14-20-25-18-10-17(23)8-9-19(18)27(20)12-15-6-4-3-5-7-15/h3-10,13H,2,12,14H2,1H3. The lowest BCUT2D eigenvalue weighted by Crippen LogP contribution is -2.41. The third kappa shape index (κ3) is 3.53. The van der Waals surface area contributed by atoms with Crippen molar-refractivity contribution >= 4 is 22.6 Å². The van der Waals surface area contributed by atoms with Crippen LogP contribution < -0.4 is 11.2 Å². The molecule has 2 heterocycles. The maximum atomic E-state index is 12.8. The Balaban J connectivity index is 1.90. The molecule has 2 aromatic carbocycles. The van der Waals surface area contributed by atoms with Crippen LogP contribution in [0, 0.1) is 11.3 Å². The topological polar surface area (TPSA) is 85.6 Å². The number of benzene rings is 2. The first-order valence-electron chi connectivity index (χ1n) is 9.44. The summed E-state index contributed by atoms with van der Waals surface area (Å²) in [6.45, 7) is 2.60. The number of aryl methyl sites for hydroxylation is 1. The second-order valence-electron chi connectivity index (χ2n) is 6.85. The highest BCUT2D eigenvalue weighted by Crippen LogP contribution is 2.22. The Kier molecular flexibility index (Phi) is 5.25. The molecule has 2 aromatic heterocycles. The molecule has 0 saturated heterocycles. The van der Waals surface area contributed by atoms with Crippen LogP contribution in [0.4, 0.5) is 0 Å². The average Bonchev–Trinajstić information content (AvgIpc) is 3.08. The molecular formula is C22H18ClN5O2. The van der Waals surface area contributed by atoms with E-state index in [1.807, 2.05) is 47.0 Å². The van der Waals surface area contributed by atoms with Crippen LogP contribution in [-0.2, 0) is 19.6 Å². The third-order valence-electron chi connectivity index (χ3n) is 4.97. The van der Waals surface area contributed by atoms with Crippen LogP contribution in [0.25, 0.3) is 11.0 Å². The molecule has 8 heteroatoms. The van der Waals surface area contributed by atoms with E-state index < -0.39 is 11.2 Å². The molecule has 0 N–H and O–H groups in total. The molecule has 150 valence electrons. The molecule has 0 aliphatic heterocycles. The predicted molar refractivity (Wildman–Crippen MR) is 115 cm³/mol. The smallest absolute Gasteiger partial charge is 0.322 e. The first kappa shape index (κ1) is 19.7. The molecule has 0 amide bonds. The zero-order valence-corrected chi connectivity index (χ0v) is 17.0. The van der Waals surface area contributed by atoms with Gasteiger partial charge in [0.2, 0.25) is 0 Å². The van der Waals surface area contributed by atoms with Crippen molar-refractivity contribution in [2.45, 2.75) is 26.6 Å². The van der Waals surface area contributed by atoms with Crippen LogP contribution in [0.1, 0.15) is 23.9 Å². The Morgan fingerprint density at radius 1 is 1.07 bits per heavy atom. The van der Waals surface area contributed by atoms with Gasteiger partial charge in [0, 0.05) is 24.3 Å². The SMILES string of the molecule is CCn1cc(C#N)c(=O)n(Cc2nc3cc(Cl)ccc3n2Cc2ccccc2)c1=O. The van der Waals surface area contributed by atoms with Gasteiger partial charge in [-0.2, -0.15) is 5.26 Å². The van der Waals surface area contributed by atoms with E-state index in [0.717, 1.165) is 15.6 Å². The molecule has 4 aromatic rings. The fourth-order valence-electron chi connectivity index (χ4n) is 3.45. The molecule has 0 aliphatic carbocycles. The van der Waals surface area contributed by atoms with Gasteiger partial charge in [-0.05, 0) is 30.7 Å². The van der Waals surface area contributed by atoms with Gasteiger partial charge < -0.3 is 4.57 Å². The van der Waals surface area contributed by atoms with Gasteiger partial charge in [-0.15, -0.1) is 0 Å². The number of rotatable bonds is 5. The minimum Gasteiger partial charge on any atom is -0.322 e. The normalized spacial score (nSPS) is 11.0. The molecule has 0 radical (unpaired) electrons. The molecular weight excluding hydrogens is 402 g/mol. The van der Waals surface area contributed by atoms with Gasteiger partial charge in [0.1, 0.15) is 17.5 Å². The minimum absolute atomic E-state index is 0.0493. The summed E-state index contributed by atoms with van der Waals surface area (Å²) in [6.07, 6.45) is 1.30. The van der Waals surface area contributed by atoms with E-state index in [-0.39, 0.29) is 12.1 Å². The van der Waals surface area contributed by atoms with Crippen LogP contribution >= 0.6 is 11.6 Å². The Bertz CT molecular complexity index is 1390. The number of imidazole rings is 1. The Hall–Kier alpha value is -3.63. The predicted octanol–water partition coefficient (Wildman–Crippen LogP) is 3.00. The average molecular weight is 420 g/mol. The van der Waals surface area contributed by atoms with Crippen molar-refractivity contribution in [3.63, 3.8) is 0 Å². The van der Waals surface area contributed by atoms with Gasteiger partial charge in [-0.3, -0.25) is 13.9 Å². The first-order chi connectivity index (χ1) is 14.5. The number of hydrogen-bond donors (Lipinski definition) is 0. The fourth-order valence-corrected chi connectivity index (χ4v) is 3.62. The fraction of sp³-hybridized carbons (Fsp3) is 0.182. The third-order valence-corrected chi connectivity index (χ3v) is 5.21. The number of fused-ring (bicyclic) bond motifs is 1. The van der Waals surface area contributed by atoms with E-state index in [4.69, 9.17) is 11.6 Å². The summed E-state index contributed by atoms with van der Waals surface area (Å²) in [4.78, 5) is 30.1. The number of nitriles is 1. The van der Waals surface area contributed by atoms with Gasteiger partial charge in [-0.25, -0.2) is 9.78 Å². The highest BCUT2D eigenvalue weighted by Gasteiger charge is 2.17. The highest BCUT2D eigenvalue weighted by atomic mass is 35.5. The van der Waals surface area contributed by atoms with Crippen molar-refractivity contribution in [2.75, 3.05) is 0 Å². The Morgan fingerprint density at radius 3 is 2.53 bits per heavy atom. The summed E-state index contributed by atoms with van der Waals surface area (Å²) in [5, 5.41) is 9.85. The second-order valence-corrected chi connectivity index (χ2v) is 7.28. The Labute approximate surface area is 177 Å². The zero-order valence-electron chi connectivity index (χ0n) is 16.2. The van der Waals surface area contributed by atoms with E-state index in [1.165, 1.54) is 10.8 Å². The lowest BCUT2D eigenvalue weighted by Gasteiger charge is -2.12. The molecule has 30 heavy (non-hydrogen) atoms. The molecule has 0 saturated carbocycles. The summed E-state index contributed by atoms with van der Waals surface area (Å²) >= 11 is 6.14. The number of nitrogens with zero attached hydrogens (tertiary/aromatic N) is 5. The van der Waals surface area contributed by atoms with Crippen LogP contribution in [-0.4, -0.2) is 18.7 Å². The lowest BCUT2D eigenvalue weighted by molar-refractivity contribution is 0.572. The molecule has 7 nitrogen and oxygen atoms in total. The van der Waals surface area contributed by atoms with Gasteiger partial charge in [0.25, 0.3) is 5.56 Å². The Morgan fingerprint density at radius 2 is 1.83 bits per heavy atom. The largest absolute Gasteiger partial charge is 0.331 e. The highest BCUT2D eigenvalue weighted by molar-refractivity contribution is 6.31. The van der Waals surface area contributed by atoms with Gasteiger partial charge in [0.05, 0.1) is 17.6 Å². The second kappa shape index (κ2) is 8.01. The quantitative estimate of drug-likeness (QED) is 0.497. The minimum atomic E-state index is -0.622. The van der Waals surface area contributed by atoms with Crippen molar-refractivity contribution in [3.05, 3.63) is 97.5 Å².